The molecule has 1 aromatic rings. The van der Waals surface area contributed by atoms with Crippen LogP contribution in [0.2, 0.25) is 0 Å². The van der Waals surface area contributed by atoms with Crippen molar-refractivity contribution in [3.63, 3.8) is 0 Å². The molecule has 4 nitrogen and oxygen atoms in total. The minimum atomic E-state index is -0.319. The molecule has 1 N–H and O–H groups in total. The fourth-order valence-corrected chi connectivity index (χ4v) is 4.39. The van der Waals surface area contributed by atoms with Gasteiger partial charge in [0.1, 0.15) is 6.17 Å². The van der Waals surface area contributed by atoms with Crippen LogP contribution < -0.4 is 5.32 Å². The highest BCUT2D eigenvalue weighted by atomic mass is 32.1. The number of ether oxygens (including phenoxy) is 1. The van der Waals surface area contributed by atoms with E-state index in [1.54, 1.807) is 11.3 Å². The summed E-state index contributed by atoms with van der Waals surface area (Å²) < 4.78 is 5.65. The zero-order chi connectivity index (χ0) is 14.9. The highest BCUT2D eigenvalue weighted by Crippen LogP contribution is 2.41. The average Bonchev–Trinajstić information content (AvgIpc) is 3.17. The van der Waals surface area contributed by atoms with Gasteiger partial charge in [0.05, 0.1) is 11.6 Å². The summed E-state index contributed by atoms with van der Waals surface area (Å²) in [7, 11) is 0. The van der Waals surface area contributed by atoms with Gasteiger partial charge in [-0.3, -0.25) is 10.1 Å². The van der Waals surface area contributed by atoms with Crippen LogP contribution in [0.25, 0.3) is 0 Å². The molecule has 3 rings (SSSR count). The normalized spacial score (nSPS) is 25.9. The van der Waals surface area contributed by atoms with E-state index >= 15 is 0 Å². The molecule has 2 unspecified atom stereocenters. The summed E-state index contributed by atoms with van der Waals surface area (Å²) in [5, 5.41) is 5.72. The standard InChI is InChI=1S/C16H24N2O2S/c1-3-20-12(2)11-18-14(13-7-6-10-21-13)17-16(15(18)19)8-4-5-9-16/h6-7,10,12,14,17H,3-5,8-9,11H2,1-2H3. The van der Waals surface area contributed by atoms with Crippen LogP contribution in [0.3, 0.4) is 0 Å². The predicted molar refractivity (Wildman–Crippen MR) is 84.2 cm³/mol. The van der Waals surface area contributed by atoms with Gasteiger partial charge in [-0.15, -0.1) is 11.3 Å². The number of nitrogens with one attached hydrogen (secondary N) is 1. The zero-order valence-electron chi connectivity index (χ0n) is 12.8. The molecule has 0 aromatic carbocycles. The maximum atomic E-state index is 13.0. The summed E-state index contributed by atoms with van der Waals surface area (Å²) in [5.74, 6) is 0.268. The van der Waals surface area contributed by atoms with Crippen molar-refractivity contribution < 1.29 is 9.53 Å². The Balaban J connectivity index is 1.83. The first kappa shape index (κ1) is 15.0. The molecule has 2 aliphatic rings. The fraction of sp³-hybridized carbons (Fsp3) is 0.688. The van der Waals surface area contributed by atoms with Gasteiger partial charge in [-0.05, 0) is 38.1 Å². The Labute approximate surface area is 130 Å². The van der Waals surface area contributed by atoms with Crippen molar-refractivity contribution in [1.29, 1.82) is 0 Å². The number of carbonyl (C=O) groups is 1. The SMILES string of the molecule is CCOC(C)CN1C(=O)C2(CCCC2)NC1c1cccs1. The van der Waals surface area contributed by atoms with E-state index in [-0.39, 0.29) is 23.7 Å². The number of hydrogen-bond acceptors (Lipinski definition) is 4. The van der Waals surface area contributed by atoms with Crippen LogP contribution in [0.15, 0.2) is 17.5 Å². The third kappa shape index (κ3) is 2.74. The molecule has 2 atom stereocenters. The van der Waals surface area contributed by atoms with E-state index in [1.165, 1.54) is 4.88 Å². The fourth-order valence-electron chi connectivity index (χ4n) is 3.60. The van der Waals surface area contributed by atoms with Crippen molar-refractivity contribution in [2.75, 3.05) is 13.2 Å². The Bertz CT molecular complexity index is 482. The molecular formula is C16H24N2O2S. The maximum absolute atomic E-state index is 13.0. The first-order valence-corrected chi connectivity index (χ1v) is 8.78. The van der Waals surface area contributed by atoms with E-state index in [2.05, 4.69) is 22.8 Å². The molecule has 1 aliphatic heterocycles. The summed E-state index contributed by atoms with van der Waals surface area (Å²) in [6.07, 6.45) is 4.30. The van der Waals surface area contributed by atoms with Gasteiger partial charge in [0.15, 0.2) is 0 Å². The molecule has 2 fully saturated rings. The van der Waals surface area contributed by atoms with Crippen molar-refractivity contribution in [2.24, 2.45) is 0 Å². The number of carbonyl (C=O) groups excluding carboxylic acids is 1. The quantitative estimate of drug-likeness (QED) is 0.909. The van der Waals surface area contributed by atoms with Crippen LogP contribution >= 0.6 is 11.3 Å². The van der Waals surface area contributed by atoms with Crippen LogP contribution in [0.5, 0.6) is 0 Å². The molecule has 21 heavy (non-hydrogen) atoms. The van der Waals surface area contributed by atoms with Crippen LogP contribution in [0.1, 0.15) is 50.6 Å². The number of rotatable bonds is 5. The second-order valence-corrected chi connectivity index (χ2v) is 7.05. The lowest BCUT2D eigenvalue weighted by Gasteiger charge is -2.26. The highest BCUT2D eigenvalue weighted by molar-refractivity contribution is 7.10. The summed E-state index contributed by atoms with van der Waals surface area (Å²) in [5.41, 5.74) is -0.319. The highest BCUT2D eigenvalue weighted by Gasteiger charge is 2.53. The van der Waals surface area contributed by atoms with Crippen molar-refractivity contribution in [3.8, 4) is 0 Å². The molecule has 5 heteroatoms. The Morgan fingerprint density at radius 1 is 1.52 bits per heavy atom. The monoisotopic (exact) mass is 308 g/mol. The van der Waals surface area contributed by atoms with E-state index in [0.29, 0.717) is 13.2 Å². The number of amides is 1. The topological polar surface area (TPSA) is 41.6 Å². The van der Waals surface area contributed by atoms with E-state index in [1.807, 2.05) is 18.7 Å². The first-order valence-electron chi connectivity index (χ1n) is 7.90. The Hall–Kier alpha value is -0.910. The first-order chi connectivity index (χ1) is 10.2. The van der Waals surface area contributed by atoms with Gasteiger partial charge < -0.3 is 9.64 Å². The second-order valence-electron chi connectivity index (χ2n) is 6.07. The molecule has 1 spiro atoms. The van der Waals surface area contributed by atoms with Crippen molar-refractivity contribution in [3.05, 3.63) is 22.4 Å². The van der Waals surface area contributed by atoms with Gasteiger partial charge in [-0.1, -0.05) is 18.9 Å². The largest absolute Gasteiger partial charge is 0.377 e. The molecule has 0 bridgehead atoms. The summed E-state index contributed by atoms with van der Waals surface area (Å²) >= 11 is 1.71. The minimum absolute atomic E-state index is 0.0125. The zero-order valence-corrected chi connectivity index (χ0v) is 13.6. The lowest BCUT2D eigenvalue weighted by atomic mass is 9.98. The van der Waals surface area contributed by atoms with Crippen molar-refractivity contribution in [2.45, 2.75) is 57.3 Å². The molecule has 1 aliphatic carbocycles. The second kappa shape index (κ2) is 6.07. The molecule has 116 valence electrons. The van der Waals surface area contributed by atoms with Gasteiger partial charge in [0, 0.05) is 18.0 Å². The van der Waals surface area contributed by atoms with E-state index < -0.39 is 0 Å². The molecule has 1 amide bonds. The van der Waals surface area contributed by atoms with Crippen molar-refractivity contribution in [1.82, 2.24) is 10.2 Å². The smallest absolute Gasteiger partial charge is 0.244 e. The van der Waals surface area contributed by atoms with Crippen LogP contribution in [-0.4, -0.2) is 35.6 Å². The lowest BCUT2D eigenvalue weighted by Crippen LogP contribution is -2.44. The lowest BCUT2D eigenvalue weighted by molar-refractivity contribution is -0.134. The Morgan fingerprint density at radius 2 is 2.29 bits per heavy atom. The number of nitrogens with zero attached hydrogens (tertiary/aromatic N) is 1. The molecule has 2 heterocycles. The molecule has 1 aromatic heterocycles. The molecule has 1 saturated heterocycles. The van der Waals surface area contributed by atoms with Gasteiger partial charge in [0.25, 0.3) is 0 Å². The summed E-state index contributed by atoms with van der Waals surface area (Å²) in [4.78, 5) is 16.2. The van der Waals surface area contributed by atoms with Crippen LogP contribution in [0.4, 0.5) is 0 Å². The van der Waals surface area contributed by atoms with E-state index in [9.17, 15) is 4.79 Å². The van der Waals surface area contributed by atoms with Gasteiger partial charge >= 0.3 is 0 Å². The van der Waals surface area contributed by atoms with Crippen LogP contribution in [-0.2, 0) is 9.53 Å². The van der Waals surface area contributed by atoms with Crippen LogP contribution in [0, 0.1) is 0 Å². The van der Waals surface area contributed by atoms with Crippen molar-refractivity contribution >= 4 is 17.2 Å². The average molecular weight is 308 g/mol. The maximum Gasteiger partial charge on any atom is 0.244 e. The molecule has 1 saturated carbocycles. The Morgan fingerprint density at radius 3 is 2.90 bits per heavy atom. The van der Waals surface area contributed by atoms with E-state index in [4.69, 9.17) is 4.74 Å². The minimum Gasteiger partial charge on any atom is -0.377 e. The Kier molecular flexibility index (Phi) is 4.33. The summed E-state index contributed by atoms with van der Waals surface area (Å²) in [6, 6.07) is 4.16. The third-order valence-corrected chi connectivity index (χ3v) is 5.49. The van der Waals surface area contributed by atoms with Gasteiger partial charge in [-0.25, -0.2) is 0 Å². The summed E-state index contributed by atoms with van der Waals surface area (Å²) in [6.45, 7) is 5.38. The van der Waals surface area contributed by atoms with E-state index in [0.717, 1.165) is 25.7 Å². The number of thiophene rings is 1. The molecular weight excluding hydrogens is 284 g/mol. The number of hydrogen-bond donors (Lipinski definition) is 1. The third-order valence-electron chi connectivity index (χ3n) is 4.57. The van der Waals surface area contributed by atoms with Gasteiger partial charge in [0.2, 0.25) is 5.91 Å². The predicted octanol–water partition coefficient (Wildman–Crippen LogP) is 2.92. The molecule has 0 radical (unpaired) electrons. The van der Waals surface area contributed by atoms with Gasteiger partial charge in [-0.2, -0.15) is 0 Å².